The minimum atomic E-state index is -0.533. The number of nitrogens with one attached hydrogen (secondary N) is 1. The second-order valence-corrected chi connectivity index (χ2v) is 15.4. The Kier molecular flexibility index (Phi) is 15.8. The standard InChI is InChI=1S/C16H21N3O2.C11H18ClNO3.C11H13N3.2ClH/c1-16(2,3)21-15(20)19-10-6-7-13(19)12-11-18-9-5-4-8-14(18)17-12;1-11(2,3)16-10(15)13-6-4-5-8(13)9(14)7-12;1-2-7-14-8-10(13-11(14)5-1)9-4-3-6-12-9;;/h4-5,8-9,11,13H,6-7,10H2,1-3H3;8H,4-7H2,1-3H3;1-2,5,7-9,12H,3-4,6H2;2*1H/t13-;8-;9-;;/m111../s1. The molecule has 0 aliphatic carbocycles. The molecule has 292 valence electrons. The summed E-state index contributed by atoms with van der Waals surface area (Å²) in [6.07, 6.45) is 13.4. The van der Waals surface area contributed by atoms with Crippen LogP contribution in [0.15, 0.2) is 61.2 Å². The fourth-order valence-corrected chi connectivity index (χ4v) is 6.69. The highest BCUT2D eigenvalue weighted by atomic mass is 35.5. The van der Waals surface area contributed by atoms with Crippen LogP contribution in [0.5, 0.6) is 0 Å². The molecule has 15 heteroatoms. The van der Waals surface area contributed by atoms with Crippen molar-refractivity contribution in [3.8, 4) is 0 Å². The monoisotopic (exact) mass is 793 g/mol. The number of Topliss-reactive ketones (excluding diaryl/α,β-unsaturated/α-hetero) is 1. The third-order valence-electron chi connectivity index (χ3n) is 8.79. The van der Waals surface area contributed by atoms with Crippen LogP contribution in [-0.4, -0.2) is 89.3 Å². The maximum Gasteiger partial charge on any atom is 0.410 e. The van der Waals surface area contributed by atoms with E-state index in [1.807, 2.05) is 80.2 Å². The van der Waals surface area contributed by atoms with E-state index < -0.39 is 23.3 Å². The molecule has 0 radical (unpaired) electrons. The first-order valence-corrected chi connectivity index (χ1v) is 18.4. The van der Waals surface area contributed by atoms with Crippen molar-refractivity contribution in [2.45, 2.75) is 109 Å². The van der Waals surface area contributed by atoms with Gasteiger partial charge in [-0.15, -0.1) is 36.4 Å². The molecule has 4 aromatic heterocycles. The Hall–Kier alpha value is -3.58. The Morgan fingerprint density at radius 2 is 1.28 bits per heavy atom. The second-order valence-electron chi connectivity index (χ2n) is 15.2. The topological polar surface area (TPSA) is 123 Å². The molecule has 0 spiro atoms. The Morgan fingerprint density at radius 1 is 0.755 bits per heavy atom. The number of amides is 2. The summed E-state index contributed by atoms with van der Waals surface area (Å²) >= 11 is 5.51. The van der Waals surface area contributed by atoms with E-state index in [1.54, 1.807) is 25.7 Å². The molecule has 2 amide bonds. The van der Waals surface area contributed by atoms with Crippen molar-refractivity contribution >= 4 is 65.7 Å². The van der Waals surface area contributed by atoms with Gasteiger partial charge in [-0.3, -0.25) is 14.6 Å². The molecule has 3 aliphatic rings. The quantitative estimate of drug-likeness (QED) is 0.205. The van der Waals surface area contributed by atoms with Crippen molar-refractivity contribution < 1.29 is 23.9 Å². The van der Waals surface area contributed by atoms with Crippen LogP contribution in [0.25, 0.3) is 11.3 Å². The number of hydrogen-bond donors (Lipinski definition) is 1. The number of pyridine rings is 2. The number of rotatable bonds is 4. The third-order valence-corrected chi connectivity index (χ3v) is 9.05. The van der Waals surface area contributed by atoms with E-state index in [9.17, 15) is 14.4 Å². The number of fused-ring (bicyclic) bond motifs is 2. The number of hydrogen-bond acceptors (Lipinski definition) is 8. The number of carbonyl (C=O) groups excluding carboxylic acids is 3. The van der Waals surface area contributed by atoms with E-state index in [2.05, 4.69) is 25.9 Å². The van der Waals surface area contributed by atoms with Crippen LogP contribution in [0.4, 0.5) is 9.59 Å². The number of likely N-dealkylation sites (tertiary alicyclic amines) is 2. The Balaban J connectivity index is 0.000000215. The van der Waals surface area contributed by atoms with Crippen molar-refractivity contribution in [2.24, 2.45) is 0 Å². The number of imidazole rings is 2. The Bertz CT molecular complexity index is 1730. The van der Waals surface area contributed by atoms with Crippen LogP contribution < -0.4 is 5.32 Å². The van der Waals surface area contributed by atoms with E-state index in [0.29, 0.717) is 19.0 Å². The average molecular weight is 795 g/mol. The van der Waals surface area contributed by atoms with E-state index in [0.717, 1.165) is 49.3 Å². The van der Waals surface area contributed by atoms with E-state index in [1.165, 1.54) is 23.4 Å². The van der Waals surface area contributed by atoms with Crippen LogP contribution in [0, 0.1) is 0 Å². The predicted octanol–water partition coefficient (Wildman–Crippen LogP) is 8.20. The molecule has 3 fully saturated rings. The van der Waals surface area contributed by atoms with Gasteiger partial charge in [-0.05, 0) is 111 Å². The van der Waals surface area contributed by atoms with Gasteiger partial charge >= 0.3 is 12.2 Å². The first-order chi connectivity index (χ1) is 24.2. The van der Waals surface area contributed by atoms with Crippen LogP contribution >= 0.6 is 36.4 Å². The summed E-state index contributed by atoms with van der Waals surface area (Å²) in [7, 11) is 0. The first kappa shape index (κ1) is 43.8. The van der Waals surface area contributed by atoms with Crippen molar-refractivity contribution in [3.05, 3.63) is 72.6 Å². The zero-order chi connectivity index (χ0) is 36.8. The van der Waals surface area contributed by atoms with Crippen LogP contribution in [0.1, 0.15) is 104 Å². The lowest BCUT2D eigenvalue weighted by Gasteiger charge is -2.27. The smallest absolute Gasteiger partial charge is 0.410 e. The molecule has 0 saturated carbocycles. The summed E-state index contributed by atoms with van der Waals surface area (Å²) in [6.45, 7) is 13.5. The van der Waals surface area contributed by atoms with Crippen LogP contribution in [-0.2, 0) is 14.3 Å². The molecule has 0 aromatic carbocycles. The molecular weight excluding hydrogens is 741 g/mol. The molecule has 3 atom stereocenters. The van der Waals surface area contributed by atoms with Crippen molar-refractivity contribution in [3.63, 3.8) is 0 Å². The number of carbonyl (C=O) groups is 3. The molecule has 7 heterocycles. The fraction of sp³-hybridized carbons (Fsp3) is 0.553. The number of alkyl halides is 1. The van der Waals surface area contributed by atoms with E-state index >= 15 is 0 Å². The summed E-state index contributed by atoms with van der Waals surface area (Å²) in [5.41, 5.74) is 3.05. The number of ether oxygens (including phenoxy) is 2. The normalized spacial score (nSPS) is 19.7. The largest absolute Gasteiger partial charge is 0.444 e. The Labute approximate surface area is 329 Å². The molecule has 1 N–H and O–H groups in total. The van der Waals surface area contributed by atoms with Gasteiger partial charge in [0.25, 0.3) is 0 Å². The third kappa shape index (κ3) is 12.0. The van der Waals surface area contributed by atoms with Crippen LogP contribution in [0.2, 0.25) is 0 Å². The van der Waals surface area contributed by atoms with Gasteiger partial charge in [0.05, 0.1) is 35.4 Å². The zero-order valence-corrected chi connectivity index (χ0v) is 33.9. The molecule has 53 heavy (non-hydrogen) atoms. The highest BCUT2D eigenvalue weighted by Crippen LogP contribution is 2.33. The van der Waals surface area contributed by atoms with Crippen molar-refractivity contribution in [2.75, 3.05) is 25.5 Å². The lowest BCUT2D eigenvalue weighted by molar-refractivity contribution is -0.120. The SMILES string of the molecule is CC(C)(C)OC(=O)N1CCC[C@@H]1C(=O)CCl.CC(C)(C)OC(=O)N1CCC[C@@H]1c1cn2ccccc2n1.Cl.Cl.c1ccn2cc([C@H]3CCCN3)nc2c1. The summed E-state index contributed by atoms with van der Waals surface area (Å²) < 4.78 is 14.8. The van der Waals surface area contributed by atoms with Gasteiger partial charge in [-0.2, -0.15) is 0 Å². The molecule has 7 rings (SSSR count). The molecule has 3 aliphatic heterocycles. The van der Waals surface area contributed by atoms with Crippen molar-refractivity contribution in [1.29, 1.82) is 0 Å². The second kappa shape index (κ2) is 19.1. The number of nitrogens with zero attached hydrogens (tertiary/aromatic N) is 6. The average Bonchev–Trinajstić information content (AvgIpc) is 3.92. The fourth-order valence-electron chi connectivity index (χ4n) is 6.52. The highest BCUT2D eigenvalue weighted by Gasteiger charge is 2.36. The van der Waals surface area contributed by atoms with E-state index in [-0.39, 0.29) is 48.6 Å². The summed E-state index contributed by atoms with van der Waals surface area (Å²) in [4.78, 5) is 48.2. The summed E-state index contributed by atoms with van der Waals surface area (Å²) in [5, 5.41) is 3.46. The van der Waals surface area contributed by atoms with Gasteiger partial charge in [-0.1, -0.05) is 12.1 Å². The van der Waals surface area contributed by atoms with Crippen LogP contribution in [0.3, 0.4) is 0 Å². The zero-order valence-electron chi connectivity index (χ0n) is 31.5. The van der Waals surface area contributed by atoms with Crippen molar-refractivity contribution in [1.82, 2.24) is 33.9 Å². The molecule has 0 unspecified atom stereocenters. The van der Waals surface area contributed by atoms with Gasteiger partial charge < -0.3 is 23.6 Å². The lowest BCUT2D eigenvalue weighted by Crippen LogP contribution is -2.43. The molecule has 4 aromatic rings. The molecule has 0 bridgehead atoms. The number of ketones is 1. The first-order valence-electron chi connectivity index (χ1n) is 17.9. The molecule has 3 saturated heterocycles. The maximum absolute atomic E-state index is 12.3. The maximum atomic E-state index is 12.3. The molecule has 12 nitrogen and oxygen atoms in total. The van der Waals surface area contributed by atoms with Gasteiger partial charge in [0.15, 0.2) is 5.78 Å². The minimum Gasteiger partial charge on any atom is -0.444 e. The van der Waals surface area contributed by atoms with E-state index in [4.69, 9.17) is 21.1 Å². The minimum absolute atomic E-state index is 0. The number of aromatic nitrogens is 4. The van der Waals surface area contributed by atoms with Gasteiger partial charge in [0.1, 0.15) is 22.5 Å². The Morgan fingerprint density at radius 3 is 1.81 bits per heavy atom. The summed E-state index contributed by atoms with van der Waals surface area (Å²) in [6, 6.07) is 12.1. The van der Waals surface area contributed by atoms with Gasteiger partial charge in [0.2, 0.25) is 0 Å². The lowest BCUT2D eigenvalue weighted by atomic mass is 10.1. The number of halogens is 3. The van der Waals surface area contributed by atoms with Gasteiger partial charge in [0, 0.05) is 37.9 Å². The highest BCUT2D eigenvalue weighted by molar-refractivity contribution is 6.28. The van der Waals surface area contributed by atoms with Gasteiger partial charge in [-0.25, -0.2) is 19.6 Å². The molecular formula is C38H54Cl3N7O5. The summed E-state index contributed by atoms with van der Waals surface area (Å²) in [5.74, 6) is -0.158. The predicted molar refractivity (Wildman–Crippen MR) is 211 cm³/mol.